The van der Waals surface area contributed by atoms with Crippen molar-refractivity contribution in [3.8, 4) is 5.75 Å². The number of halogens is 1. The summed E-state index contributed by atoms with van der Waals surface area (Å²) in [6.07, 6.45) is 1.47. The average Bonchev–Trinajstić information content (AvgIpc) is 2.26. The monoisotopic (exact) mass is 256 g/mol. The molecule has 0 bridgehead atoms. The van der Waals surface area contributed by atoms with Gasteiger partial charge in [0.15, 0.2) is 5.78 Å². The van der Waals surface area contributed by atoms with Crippen molar-refractivity contribution in [2.75, 3.05) is 12.4 Å². The summed E-state index contributed by atoms with van der Waals surface area (Å²) >= 11 is 3.30. The van der Waals surface area contributed by atoms with Crippen LogP contribution in [0.15, 0.2) is 24.3 Å². The van der Waals surface area contributed by atoms with Gasteiger partial charge in [-0.2, -0.15) is 0 Å². The lowest BCUT2D eigenvalue weighted by atomic mass is 10.1. The molecule has 0 aromatic heterocycles. The highest BCUT2D eigenvalue weighted by Gasteiger charge is 2.04. The van der Waals surface area contributed by atoms with E-state index < -0.39 is 0 Å². The maximum atomic E-state index is 11.5. The van der Waals surface area contributed by atoms with Gasteiger partial charge in [0.25, 0.3) is 0 Å². The number of Topliss-reactive ketones (excluding diaryl/α,β-unsaturated/α-hetero) is 1. The third kappa shape index (κ3) is 3.14. The van der Waals surface area contributed by atoms with Crippen molar-refractivity contribution >= 4 is 21.7 Å². The number of alkyl halides is 1. The Morgan fingerprint density at radius 1 is 1.36 bits per heavy atom. The summed E-state index contributed by atoms with van der Waals surface area (Å²) in [5.74, 6) is 0.967. The number of hydrogen-bond acceptors (Lipinski definition) is 2. The second-order valence-electron chi connectivity index (χ2n) is 2.94. The number of methoxy groups -OCH3 is 1. The SMILES string of the molecule is COc1ccc(C(=O)CCCBr)cc1. The quantitative estimate of drug-likeness (QED) is 0.598. The molecule has 2 nitrogen and oxygen atoms in total. The van der Waals surface area contributed by atoms with Gasteiger partial charge in [-0.15, -0.1) is 0 Å². The highest BCUT2D eigenvalue weighted by molar-refractivity contribution is 9.09. The summed E-state index contributed by atoms with van der Waals surface area (Å²) in [6.45, 7) is 0. The van der Waals surface area contributed by atoms with Gasteiger partial charge in [-0.25, -0.2) is 0 Å². The zero-order valence-corrected chi connectivity index (χ0v) is 9.71. The highest BCUT2D eigenvalue weighted by Crippen LogP contribution is 2.13. The highest BCUT2D eigenvalue weighted by atomic mass is 79.9. The predicted molar refractivity (Wildman–Crippen MR) is 60.4 cm³/mol. The van der Waals surface area contributed by atoms with Gasteiger partial charge in [0.2, 0.25) is 0 Å². The van der Waals surface area contributed by atoms with Gasteiger partial charge in [0, 0.05) is 17.3 Å². The third-order valence-corrected chi connectivity index (χ3v) is 2.51. The minimum Gasteiger partial charge on any atom is -0.497 e. The van der Waals surface area contributed by atoms with Crippen molar-refractivity contribution in [1.29, 1.82) is 0 Å². The Kier molecular flexibility index (Phi) is 4.66. The van der Waals surface area contributed by atoms with Crippen LogP contribution in [0.5, 0.6) is 5.75 Å². The van der Waals surface area contributed by atoms with Crippen LogP contribution in [0.1, 0.15) is 23.2 Å². The summed E-state index contributed by atoms with van der Waals surface area (Å²) in [6, 6.07) is 7.22. The van der Waals surface area contributed by atoms with E-state index in [9.17, 15) is 4.79 Å². The van der Waals surface area contributed by atoms with Crippen LogP contribution in [0, 0.1) is 0 Å². The van der Waals surface area contributed by atoms with Crippen molar-refractivity contribution < 1.29 is 9.53 Å². The molecule has 0 atom stereocenters. The molecular weight excluding hydrogens is 244 g/mol. The summed E-state index contributed by atoms with van der Waals surface area (Å²) < 4.78 is 5.01. The van der Waals surface area contributed by atoms with Crippen molar-refractivity contribution in [1.82, 2.24) is 0 Å². The van der Waals surface area contributed by atoms with Crippen molar-refractivity contribution in [3.05, 3.63) is 29.8 Å². The maximum absolute atomic E-state index is 11.5. The van der Waals surface area contributed by atoms with Crippen molar-refractivity contribution in [3.63, 3.8) is 0 Å². The molecule has 1 aromatic carbocycles. The van der Waals surface area contributed by atoms with Crippen LogP contribution in [0.25, 0.3) is 0 Å². The Hall–Kier alpha value is -0.830. The van der Waals surface area contributed by atoms with E-state index in [1.165, 1.54) is 0 Å². The first-order valence-corrected chi connectivity index (χ1v) is 5.63. The predicted octanol–water partition coefficient (Wildman–Crippen LogP) is 3.05. The molecule has 0 fully saturated rings. The Morgan fingerprint density at radius 2 is 2.00 bits per heavy atom. The molecule has 0 amide bonds. The molecular formula is C11H13BrO2. The zero-order valence-electron chi connectivity index (χ0n) is 8.13. The molecule has 0 radical (unpaired) electrons. The summed E-state index contributed by atoms with van der Waals surface area (Å²) in [5, 5.41) is 0.870. The lowest BCUT2D eigenvalue weighted by molar-refractivity contribution is 0.0982. The van der Waals surface area contributed by atoms with E-state index in [0.717, 1.165) is 23.1 Å². The van der Waals surface area contributed by atoms with Gasteiger partial charge in [-0.3, -0.25) is 4.79 Å². The summed E-state index contributed by atoms with van der Waals surface area (Å²) in [7, 11) is 1.61. The number of rotatable bonds is 5. The normalized spacial score (nSPS) is 9.86. The second-order valence-corrected chi connectivity index (χ2v) is 3.74. The van der Waals surface area contributed by atoms with Gasteiger partial charge in [-0.05, 0) is 30.7 Å². The van der Waals surface area contributed by atoms with Crippen LogP contribution in [-0.4, -0.2) is 18.2 Å². The molecule has 0 saturated carbocycles. The molecule has 0 N–H and O–H groups in total. The molecule has 0 aliphatic carbocycles. The summed E-state index contributed by atoms with van der Waals surface area (Å²) in [5.41, 5.74) is 0.756. The molecule has 0 spiro atoms. The maximum Gasteiger partial charge on any atom is 0.162 e. The van der Waals surface area contributed by atoms with Crippen molar-refractivity contribution in [2.45, 2.75) is 12.8 Å². The Labute approximate surface area is 92.4 Å². The van der Waals surface area contributed by atoms with Crippen LogP contribution in [0.2, 0.25) is 0 Å². The lowest BCUT2D eigenvalue weighted by Gasteiger charge is -2.01. The minimum atomic E-state index is 0.187. The number of ether oxygens (including phenoxy) is 1. The van der Waals surface area contributed by atoms with E-state index in [4.69, 9.17) is 4.74 Å². The first-order valence-electron chi connectivity index (χ1n) is 4.51. The van der Waals surface area contributed by atoms with E-state index in [0.29, 0.717) is 6.42 Å². The fourth-order valence-corrected chi connectivity index (χ4v) is 1.43. The van der Waals surface area contributed by atoms with E-state index in [-0.39, 0.29) is 5.78 Å². The number of carbonyl (C=O) groups is 1. The molecule has 0 heterocycles. The molecule has 0 aliphatic rings. The zero-order chi connectivity index (χ0) is 10.4. The van der Waals surface area contributed by atoms with Gasteiger partial charge in [0.1, 0.15) is 5.75 Å². The molecule has 1 rings (SSSR count). The molecule has 76 valence electrons. The minimum absolute atomic E-state index is 0.187. The first-order chi connectivity index (χ1) is 6.77. The third-order valence-electron chi connectivity index (χ3n) is 1.95. The van der Waals surface area contributed by atoms with Gasteiger partial charge >= 0.3 is 0 Å². The first kappa shape index (κ1) is 11.2. The number of hydrogen-bond donors (Lipinski definition) is 0. The van der Waals surface area contributed by atoms with Crippen LogP contribution >= 0.6 is 15.9 Å². The van der Waals surface area contributed by atoms with Crippen molar-refractivity contribution in [2.24, 2.45) is 0 Å². The Bertz CT molecular complexity index is 293. The van der Waals surface area contributed by atoms with Gasteiger partial charge < -0.3 is 4.74 Å². The van der Waals surface area contributed by atoms with E-state index in [1.54, 1.807) is 31.4 Å². The van der Waals surface area contributed by atoms with E-state index in [2.05, 4.69) is 15.9 Å². The second kappa shape index (κ2) is 5.81. The smallest absolute Gasteiger partial charge is 0.162 e. The standard InChI is InChI=1S/C11H13BrO2/c1-14-10-6-4-9(5-7-10)11(13)3-2-8-12/h4-7H,2-3,8H2,1H3. The topological polar surface area (TPSA) is 26.3 Å². The van der Waals surface area contributed by atoms with Crippen LogP contribution in [-0.2, 0) is 0 Å². The van der Waals surface area contributed by atoms with Crippen LogP contribution in [0.4, 0.5) is 0 Å². The average molecular weight is 257 g/mol. The molecule has 0 saturated heterocycles. The lowest BCUT2D eigenvalue weighted by Crippen LogP contribution is -1.98. The largest absolute Gasteiger partial charge is 0.497 e. The molecule has 0 unspecified atom stereocenters. The molecule has 0 aliphatic heterocycles. The fraction of sp³-hybridized carbons (Fsp3) is 0.364. The molecule has 3 heteroatoms. The number of ketones is 1. The summed E-state index contributed by atoms with van der Waals surface area (Å²) in [4.78, 5) is 11.5. The molecule has 1 aromatic rings. The van der Waals surface area contributed by atoms with Gasteiger partial charge in [-0.1, -0.05) is 15.9 Å². The fourth-order valence-electron chi connectivity index (χ4n) is 1.15. The van der Waals surface area contributed by atoms with Crippen LogP contribution in [0.3, 0.4) is 0 Å². The van der Waals surface area contributed by atoms with E-state index >= 15 is 0 Å². The van der Waals surface area contributed by atoms with Crippen LogP contribution < -0.4 is 4.74 Å². The van der Waals surface area contributed by atoms with E-state index in [1.807, 2.05) is 0 Å². The Morgan fingerprint density at radius 3 is 2.50 bits per heavy atom. The molecule has 14 heavy (non-hydrogen) atoms. The Balaban J connectivity index is 2.62. The van der Waals surface area contributed by atoms with Gasteiger partial charge in [0.05, 0.1) is 7.11 Å². The number of benzene rings is 1. The number of carbonyl (C=O) groups excluding carboxylic acids is 1.